The summed E-state index contributed by atoms with van der Waals surface area (Å²) < 4.78 is 25.2. The van der Waals surface area contributed by atoms with Crippen molar-refractivity contribution in [3.8, 4) is 0 Å². The zero-order valence-corrected chi connectivity index (χ0v) is 12.8. The minimum absolute atomic E-state index is 0.0274. The van der Waals surface area contributed by atoms with E-state index in [1.807, 2.05) is 0 Å². The minimum Gasteiger partial charge on any atom is -0.481 e. The second-order valence-corrected chi connectivity index (χ2v) is 6.92. The molecule has 0 aliphatic carbocycles. The molecular formula is C14H19NO5S. The topological polar surface area (TPSA) is 101 Å². The van der Waals surface area contributed by atoms with Gasteiger partial charge in [-0.15, -0.1) is 0 Å². The van der Waals surface area contributed by atoms with Crippen molar-refractivity contribution in [2.24, 2.45) is 5.92 Å². The lowest BCUT2D eigenvalue weighted by atomic mass is 9.97. The number of carbonyl (C=O) groups is 2. The number of hydrogen-bond acceptors (Lipinski definition) is 4. The third-order valence-electron chi connectivity index (χ3n) is 2.92. The van der Waals surface area contributed by atoms with Gasteiger partial charge in [-0.25, -0.2) is 8.42 Å². The molecule has 2 N–H and O–H groups in total. The summed E-state index contributed by atoms with van der Waals surface area (Å²) in [5, 5.41) is 8.66. The Labute approximate surface area is 124 Å². The van der Waals surface area contributed by atoms with Crippen LogP contribution in [0.2, 0.25) is 0 Å². The van der Waals surface area contributed by atoms with Gasteiger partial charge in [0, 0.05) is 24.1 Å². The van der Waals surface area contributed by atoms with Gasteiger partial charge in [-0.2, -0.15) is 0 Å². The predicted octanol–water partition coefficient (Wildman–Crippen LogP) is 2.13. The summed E-state index contributed by atoms with van der Waals surface area (Å²) in [6, 6.07) is 6.09. The maximum absolute atomic E-state index is 12.0. The molecule has 0 amide bonds. The van der Waals surface area contributed by atoms with Gasteiger partial charge < -0.3 is 5.11 Å². The summed E-state index contributed by atoms with van der Waals surface area (Å²) >= 11 is 0. The van der Waals surface area contributed by atoms with E-state index >= 15 is 0 Å². The number of carbonyl (C=O) groups excluding carboxylic acids is 1. The summed E-state index contributed by atoms with van der Waals surface area (Å²) in [4.78, 5) is 22.5. The van der Waals surface area contributed by atoms with Gasteiger partial charge in [0.25, 0.3) is 0 Å². The molecule has 0 aromatic heterocycles. The van der Waals surface area contributed by atoms with Crippen LogP contribution in [0.3, 0.4) is 0 Å². The Bertz CT molecular complexity index is 607. The van der Waals surface area contributed by atoms with E-state index in [0.29, 0.717) is 11.3 Å². The number of carboxylic acid groups (broad SMARTS) is 1. The zero-order valence-electron chi connectivity index (χ0n) is 12.0. The first-order valence-corrected chi connectivity index (χ1v) is 8.24. The number of sulfonamides is 1. The average Bonchev–Trinajstić information content (AvgIpc) is 2.38. The first-order valence-electron chi connectivity index (χ1n) is 6.59. The smallest absolute Gasteiger partial charge is 0.303 e. The van der Waals surface area contributed by atoms with Crippen molar-refractivity contribution >= 4 is 27.5 Å². The molecule has 0 bridgehead atoms. The van der Waals surface area contributed by atoms with Gasteiger partial charge in [0.2, 0.25) is 10.0 Å². The monoisotopic (exact) mass is 313 g/mol. The Balaban J connectivity index is 2.69. The van der Waals surface area contributed by atoms with Crippen molar-refractivity contribution in [3.05, 3.63) is 29.8 Å². The van der Waals surface area contributed by atoms with Crippen LogP contribution in [0.4, 0.5) is 5.69 Å². The van der Waals surface area contributed by atoms with E-state index in [-0.39, 0.29) is 30.3 Å². The molecule has 0 fully saturated rings. The first-order chi connectivity index (χ1) is 9.73. The Morgan fingerprint density at radius 3 is 2.24 bits per heavy atom. The number of aliphatic carboxylic acids is 1. The van der Waals surface area contributed by atoms with E-state index < -0.39 is 16.0 Å². The minimum atomic E-state index is -3.34. The molecule has 1 aromatic carbocycles. The van der Waals surface area contributed by atoms with E-state index in [0.717, 1.165) is 0 Å². The van der Waals surface area contributed by atoms with Crippen LogP contribution in [-0.4, -0.2) is 31.0 Å². The quantitative estimate of drug-likeness (QED) is 0.716. The Kier molecular flexibility index (Phi) is 5.90. The molecule has 0 aliphatic rings. The van der Waals surface area contributed by atoms with Crippen molar-refractivity contribution in [3.63, 3.8) is 0 Å². The second kappa shape index (κ2) is 7.21. The van der Waals surface area contributed by atoms with Crippen LogP contribution >= 0.6 is 0 Å². The van der Waals surface area contributed by atoms with Gasteiger partial charge in [-0.05, 0) is 37.1 Å². The molecule has 116 valence electrons. The summed E-state index contributed by atoms with van der Waals surface area (Å²) in [6.07, 6.45) is 0.0897. The van der Waals surface area contributed by atoms with Gasteiger partial charge in [0.15, 0.2) is 5.78 Å². The number of benzene rings is 1. The summed E-state index contributed by atoms with van der Waals surface area (Å²) in [7, 11) is -3.34. The van der Waals surface area contributed by atoms with Crippen molar-refractivity contribution in [2.75, 3.05) is 10.5 Å². The highest BCUT2D eigenvalue weighted by atomic mass is 32.2. The van der Waals surface area contributed by atoms with Crippen molar-refractivity contribution in [1.82, 2.24) is 0 Å². The molecule has 21 heavy (non-hydrogen) atoms. The predicted molar refractivity (Wildman–Crippen MR) is 79.9 cm³/mol. The Morgan fingerprint density at radius 2 is 1.76 bits per heavy atom. The molecule has 7 heteroatoms. The molecular weight excluding hydrogens is 294 g/mol. The number of hydrogen-bond donors (Lipinski definition) is 2. The molecule has 0 spiro atoms. The molecule has 6 nitrogen and oxygen atoms in total. The molecule has 1 rings (SSSR count). The largest absolute Gasteiger partial charge is 0.481 e. The Hall–Kier alpha value is -1.89. The van der Waals surface area contributed by atoms with Crippen LogP contribution in [0.5, 0.6) is 0 Å². The lowest BCUT2D eigenvalue weighted by Crippen LogP contribution is -2.14. The molecule has 0 aliphatic heterocycles. The van der Waals surface area contributed by atoms with Crippen LogP contribution < -0.4 is 4.72 Å². The third-order valence-corrected chi connectivity index (χ3v) is 4.22. The SMILES string of the molecule is CCS(=O)(=O)Nc1ccc(C(=O)CC(C)CC(=O)O)cc1. The molecule has 0 saturated heterocycles. The highest BCUT2D eigenvalue weighted by Gasteiger charge is 2.14. The van der Waals surface area contributed by atoms with Gasteiger partial charge in [0.05, 0.1) is 5.75 Å². The summed E-state index contributed by atoms with van der Waals surface area (Å²) in [5.41, 5.74) is 0.832. The van der Waals surface area contributed by atoms with E-state index in [9.17, 15) is 18.0 Å². The van der Waals surface area contributed by atoms with Crippen LogP contribution in [0.25, 0.3) is 0 Å². The molecule has 1 aromatic rings. The Morgan fingerprint density at radius 1 is 1.19 bits per heavy atom. The summed E-state index contributed by atoms with van der Waals surface area (Å²) in [5.74, 6) is -1.36. The van der Waals surface area contributed by atoms with E-state index in [1.165, 1.54) is 31.2 Å². The second-order valence-electron chi connectivity index (χ2n) is 4.91. The number of nitrogens with one attached hydrogen (secondary N) is 1. The lowest BCUT2D eigenvalue weighted by Gasteiger charge is -2.09. The third kappa shape index (κ3) is 5.95. The van der Waals surface area contributed by atoms with Crippen LogP contribution in [0.1, 0.15) is 37.0 Å². The van der Waals surface area contributed by atoms with Crippen LogP contribution in [0.15, 0.2) is 24.3 Å². The van der Waals surface area contributed by atoms with Gasteiger partial charge in [-0.1, -0.05) is 6.92 Å². The van der Waals surface area contributed by atoms with E-state index in [1.54, 1.807) is 6.92 Å². The molecule has 0 saturated carbocycles. The zero-order chi connectivity index (χ0) is 16.0. The number of Topliss-reactive ketones (excluding diaryl/α,β-unsaturated/α-hetero) is 1. The maximum Gasteiger partial charge on any atom is 0.303 e. The van der Waals surface area contributed by atoms with E-state index in [2.05, 4.69) is 4.72 Å². The van der Waals surface area contributed by atoms with Crippen molar-refractivity contribution in [1.29, 1.82) is 0 Å². The van der Waals surface area contributed by atoms with Crippen LogP contribution in [-0.2, 0) is 14.8 Å². The molecule has 0 radical (unpaired) electrons. The first kappa shape index (κ1) is 17.2. The highest BCUT2D eigenvalue weighted by Crippen LogP contribution is 2.16. The molecule has 0 heterocycles. The van der Waals surface area contributed by atoms with Crippen LogP contribution in [0, 0.1) is 5.92 Å². The summed E-state index contributed by atoms with van der Waals surface area (Å²) in [6.45, 7) is 3.24. The average molecular weight is 313 g/mol. The standard InChI is InChI=1S/C14H19NO5S/c1-3-21(19,20)15-12-6-4-11(5-7-12)13(16)8-10(2)9-14(17)18/h4-7,10,15H,3,8-9H2,1-2H3,(H,17,18). The molecule has 1 unspecified atom stereocenters. The van der Waals surface area contributed by atoms with Gasteiger partial charge in [-0.3, -0.25) is 14.3 Å². The number of ketones is 1. The fourth-order valence-corrected chi connectivity index (χ4v) is 2.42. The fourth-order valence-electron chi connectivity index (χ4n) is 1.78. The lowest BCUT2D eigenvalue weighted by molar-refractivity contribution is -0.137. The number of rotatable bonds is 8. The van der Waals surface area contributed by atoms with Crippen molar-refractivity contribution in [2.45, 2.75) is 26.7 Å². The molecule has 1 atom stereocenters. The van der Waals surface area contributed by atoms with Gasteiger partial charge in [0.1, 0.15) is 0 Å². The van der Waals surface area contributed by atoms with Crippen molar-refractivity contribution < 1.29 is 23.1 Å². The highest BCUT2D eigenvalue weighted by molar-refractivity contribution is 7.92. The normalized spacial score (nSPS) is 12.7. The number of anilines is 1. The van der Waals surface area contributed by atoms with Gasteiger partial charge >= 0.3 is 5.97 Å². The maximum atomic E-state index is 12.0. The van der Waals surface area contributed by atoms with E-state index in [4.69, 9.17) is 5.11 Å². The number of carboxylic acids is 1. The fraction of sp³-hybridized carbons (Fsp3) is 0.429.